The van der Waals surface area contributed by atoms with E-state index < -0.39 is 0 Å². The van der Waals surface area contributed by atoms with E-state index in [1.165, 1.54) is 32.1 Å². The second-order valence-electron chi connectivity index (χ2n) is 7.29. The van der Waals surface area contributed by atoms with Crippen LogP contribution < -0.4 is 0 Å². The van der Waals surface area contributed by atoms with Crippen LogP contribution in [0.25, 0.3) is 0 Å². The summed E-state index contributed by atoms with van der Waals surface area (Å²) in [6, 6.07) is 0.381. The molecule has 0 N–H and O–H groups in total. The van der Waals surface area contributed by atoms with Gasteiger partial charge in [0.1, 0.15) is 6.10 Å². The van der Waals surface area contributed by atoms with Crippen molar-refractivity contribution in [2.24, 2.45) is 5.92 Å². The normalized spacial score (nSPS) is 28.6. The molecule has 3 fully saturated rings. The highest BCUT2D eigenvalue weighted by molar-refractivity contribution is 5.87. The van der Waals surface area contributed by atoms with Crippen LogP contribution in [0, 0.1) is 5.92 Å². The minimum absolute atomic E-state index is 0.0865. The van der Waals surface area contributed by atoms with E-state index in [1.54, 1.807) is 0 Å². The Balaban J connectivity index is 1.50. The first kappa shape index (κ1) is 15.8. The molecule has 1 heterocycles. The van der Waals surface area contributed by atoms with Crippen LogP contribution in [0.15, 0.2) is 0 Å². The Kier molecular flexibility index (Phi) is 5.37. The van der Waals surface area contributed by atoms with E-state index in [1.807, 2.05) is 4.90 Å². The zero-order valence-electron chi connectivity index (χ0n) is 13.6. The lowest BCUT2D eigenvalue weighted by molar-refractivity contribution is -0.154. The molecular formula is C18H29NO3. The molecule has 1 saturated heterocycles. The SMILES string of the molecule is O=C(OC1CCCCCCC1)[C@@H]1CC(=O)N(C2CCCC2)C1. The predicted octanol–water partition coefficient (Wildman–Crippen LogP) is 3.43. The van der Waals surface area contributed by atoms with Gasteiger partial charge in [-0.25, -0.2) is 0 Å². The zero-order valence-corrected chi connectivity index (χ0v) is 13.6. The van der Waals surface area contributed by atoms with Crippen molar-refractivity contribution in [1.82, 2.24) is 4.90 Å². The number of likely N-dealkylation sites (tertiary alicyclic amines) is 1. The van der Waals surface area contributed by atoms with Crippen LogP contribution in [-0.4, -0.2) is 35.5 Å². The molecule has 0 aromatic carbocycles. The summed E-state index contributed by atoms with van der Waals surface area (Å²) in [7, 11) is 0. The Morgan fingerprint density at radius 1 is 0.909 bits per heavy atom. The van der Waals surface area contributed by atoms with Crippen molar-refractivity contribution in [1.29, 1.82) is 0 Å². The fourth-order valence-corrected chi connectivity index (χ4v) is 4.26. The molecule has 0 radical (unpaired) electrons. The molecule has 1 aliphatic heterocycles. The summed E-state index contributed by atoms with van der Waals surface area (Å²) in [5.74, 6) is -0.190. The van der Waals surface area contributed by atoms with Crippen LogP contribution in [0.1, 0.15) is 77.0 Å². The Hall–Kier alpha value is -1.06. The molecule has 1 amide bonds. The minimum atomic E-state index is -0.224. The Morgan fingerprint density at radius 2 is 1.50 bits per heavy atom. The number of ether oxygens (including phenoxy) is 1. The fourth-order valence-electron chi connectivity index (χ4n) is 4.26. The van der Waals surface area contributed by atoms with Gasteiger partial charge >= 0.3 is 5.97 Å². The smallest absolute Gasteiger partial charge is 0.311 e. The van der Waals surface area contributed by atoms with Gasteiger partial charge in [-0.15, -0.1) is 0 Å². The average molecular weight is 307 g/mol. The highest BCUT2D eigenvalue weighted by Crippen LogP contribution is 2.30. The van der Waals surface area contributed by atoms with E-state index in [0.717, 1.165) is 38.5 Å². The quantitative estimate of drug-likeness (QED) is 0.750. The molecule has 124 valence electrons. The topological polar surface area (TPSA) is 46.6 Å². The van der Waals surface area contributed by atoms with Gasteiger partial charge in [-0.2, -0.15) is 0 Å². The van der Waals surface area contributed by atoms with Crippen LogP contribution in [0.5, 0.6) is 0 Å². The summed E-state index contributed by atoms with van der Waals surface area (Å²) in [6.07, 6.45) is 13.2. The lowest BCUT2D eigenvalue weighted by atomic mass is 9.98. The molecule has 22 heavy (non-hydrogen) atoms. The van der Waals surface area contributed by atoms with Gasteiger partial charge in [-0.3, -0.25) is 9.59 Å². The van der Waals surface area contributed by atoms with Crippen LogP contribution in [-0.2, 0) is 14.3 Å². The zero-order chi connectivity index (χ0) is 15.4. The predicted molar refractivity (Wildman–Crippen MR) is 84.3 cm³/mol. The van der Waals surface area contributed by atoms with Crippen molar-refractivity contribution < 1.29 is 14.3 Å². The van der Waals surface area contributed by atoms with E-state index in [4.69, 9.17) is 4.74 Å². The summed E-state index contributed by atoms with van der Waals surface area (Å²) in [5, 5.41) is 0. The Morgan fingerprint density at radius 3 is 2.18 bits per heavy atom. The van der Waals surface area contributed by atoms with Gasteiger partial charge in [-0.1, -0.05) is 32.1 Å². The monoisotopic (exact) mass is 307 g/mol. The van der Waals surface area contributed by atoms with Crippen molar-refractivity contribution in [3.05, 3.63) is 0 Å². The molecule has 0 spiro atoms. The molecule has 3 rings (SSSR count). The fraction of sp³-hybridized carbons (Fsp3) is 0.889. The summed E-state index contributed by atoms with van der Waals surface area (Å²) in [5.41, 5.74) is 0. The van der Waals surface area contributed by atoms with E-state index in [-0.39, 0.29) is 23.9 Å². The third kappa shape index (κ3) is 3.82. The number of carbonyl (C=O) groups excluding carboxylic acids is 2. The van der Waals surface area contributed by atoms with Gasteiger partial charge in [0.25, 0.3) is 0 Å². The van der Waals surface area contributed by atoms with Crippen molar-refractivity contribution in [2.75, 3.05) is 6.54 Å². The maximum Gasteiger partial charge on any atom is 0.311 e. The molecule has 3 aliphatic rings. The number of rotatable bonds is 3. The van der Waals surface area contributed by atoms with Crippen molar-refractivity contribution in [3.63, 3.8) is 0 Å². The van der Waals surface area contributed by atoms with E-state index in [9.17, 15) is 9.59 Å². The second-order valence-corrected chi connectivity index (χ2v) is 7.29. The molecular weight excluding hydrogens is 278 g/mol. The molecule has 4 nitrogen and oxygen atoms in total. The standard InChI is InChI=1S/C18H29NO3/c20-17-12-14(13-19(17)15-8-6-7-9-15)18(21)22-16-10-4-2-1-3-5-11-16/h14-16H,1-13H2/t14-/m1/s1. The molecule has 4 heteroatoms. The first-order valence-electron chi connectivity index (χ1n) is 9.24. The Bertz CT molecular complexity index is 395. The molecule has 0 aromatic rings. The van der Waals surface area contributed by atoms with Gasteiger partial charge in [-0.05, 0) is 38.5 Å². The third-order valence-corrected chi connectivity index (χ3v) is 5.59. The highest BCUT2D eigenvalue weighted by Gasteiger charge is 2.39. The van der Waals surface area contributed by atoms with Gasteiger partial charge in [0.05, 0.1) is 5.92 Å². The van der Waals surface area contributed by atoms with Crippen LogP contribution >= 0.6 is 0 Å². The third-order valence-electron chi connectivity index (χ3n) is 5.59. The molecule has 2 saturated carbocycles. The van der Waals surface area contributed by atoms with Crippen LogP contribution in [0.3, 0.4) is 0 Å². The van der Waals surface area contributed by atoms with E-state index in [0.29, 0.717) is 19.0 Å². The second kappa shape index (κ2) is 7.47. The number of carbonyl (C=O) groups is 2. The summed E-state index contributed by atoms with van der Waals surface area (Å²) in [6.45, 7) is 0.592. The van der Waals surface area contributed by atoms with Gasteiger partial charge in [0.2, 0.25) is 5.91 Å². The molecule has 0 aromatic heterocycles. The van der Waals surface area contributed by atoms with Gasteiger partial charge in [0.15, 0.2) is 0 Å². The lowest BCUT2D eigenvalue weighted by Crippen LogP contribution is -2.35. The summed E-state index contributed by atoms with van der Waals surface area (Å²) >= 11 is 0. The molecule has 2 aliphatic carbocycles. The van der Waals surface area contributed by atoms with E-state index in [2.05, 4.69) is 0 Å². The first-order valence-corrected chi connectivity index (χ1v) is 9.24. The Labute approximate surface area is 133 Å². The van der Waals surface area contributed by atoms with Crippen LogP contribution in [0.2, 0.25) is 0 Å². The van der Waals surface area contributed by atoms with Crippen LogP contribution in [0.4, 0.5) is 0 Å². The van der Waals surface area contributed by atoms with Crippen molar-refractivity contribution >= 4 is 11.9 Å². The maximum atomic E-state index is 12.4. The number of nitrogens with zero attached hydrogens (tertiary/aromatic N) is 1. The number of hydrogen-bond donors (Lipinski definition) is 0. The number of hydrogen-bond acceptors (Lipinski definition) is 3. The lowest BCUT2D eigenvalue weighted by Gasteiger charge is -2.24. The maximum absolute atomic E-state index is 12.4. The molecule has 0 unspecified atom stereocenters. The van der Waals surface area contributed by atoms with Crippen molar-refractivity contribution in [3.8, 4) is 0 Å². The molecule has 1 atom stereocenters. The first-order chi connectivity index (χ1) is 10.7. The summed E-state index contributed by atoms with van der Waals surface area (Å²) < 4.78 is 5.75. The minimum Gasteiger partial charge on any atom is -0.462 e. The van der Waals surface area contributed by atoms with E-state index >= 15 is 0 Å². The highest BCUT2D eigenvalue weighted by atomic mass is 16.5. The van der Waals surface area contributed by atoms with Crippen molar-refractivity contribution in [2.45, 2.75) is 89.2 Å². The van der Waals surface area contributed by atoms with Gasteiger partial charge < -0.3 is 9.64 Å². The number of amides is 1. The molecule has 0 bridgehead atoms. The largest absolute Gasteiger partial charge is 0.462 e. The average Bonchev–Trinajstić information content (AvgIpc) is 3.10. The summed E-state index contributed by atoms with van der Waals surface area (Å²) in [4.78, 5) is 26.6. The van der Waals surface area contributed by atoms with Gasteiger partial charge in [0, 0.05) is 19.0 Å². The number of esters is 1.